The van der Waals surface area contributed by atoms with E-state index in [4.69, 9.17) is 23.1 Å². The largest absolute Gasteiger partial charge is 0.395 e. The van der Waals surface area contributed by atoms with Crippen molar-refractivity contribution in [3.63, 3.8) is 0 Å². The molecule has 112 valence electrons. The number of nitrogens with two attached hydrogens (primary N) is 1. The third kappa shape index (κ3) is 3.62. The van der Waals surface area contributed by atoms with Gasteiger partial charge in [-0.25, -0.2) is 13.8 Å². The van der Waals surface area contributed by atoms with Crippen LogP contribution in [0.5, 0.6) is 0 Å². The van der Waals surface area contributed by atoms with Gasteiger partial charge in [0, 0.05) is 17.5 Å². The Kier molecular flexibility index (Phi) is 4.98. The van der Waals surface area contributed by atoms with E-state index in [2.05, 4.69) is 4.98 Å². The molecule has 0 aliphatic rings. The van der Waals surface area contributed by atoms with Crippen molar-refractivity contribution < 1.29 is 13.9 Å². The van der Waals surface area contributed by atoms with Crippen molar-refractivity contribution in [2.24, 2.45) is 5.73 Å². The van der Waals surface area contributed by atoms with Crippen LogP contribution in [0.25, 0.3) is 10.9 Å². The van der Waals surface area contributed by atoms with E-state index in [1.807, 2.05) is 12.1 Å². The van der Waals surface area contributed by atoms with Crippen LogP contribution in [-0.2, 0) is 0 Å². The van der Waals surface area contributed by atoms with Gasteiger partial charge in [0.05, 0.1) is 18.7 Å². The first-order chi connectivity index (χ1) is 10.0. The van der Waals surface area contributed by atoms with Crippen LogP contribution in [0.1, 0.15) is 5.56 Å². The maximum atomic E-state index is 12.7. The van der Waals surface area contributed by atoms with Crippen molar-refractivity contribution in [1.29, 1.82) is 0 Å². The second kappa shape index (κ2) is 6.73. The van der Waals surface area contributed by atoms with E-state index in [0.29, 0.717) is 16.9 Å². The summed E-state index contributed by atoms with van der Waals surface area (Å²) in [6, 6.07) is 8.80. The van der Waals surface area contributed by atoms with E-state index < -0.39 is 13.0 Å². The number of hydrogen-bond donors (Lipinski definition) is 2. The van der Waals surface area contributed by atoms with E-state index in [0.717, 1.165) is 5.39 Å². The van der Waals surface area contributed by atoms with Crippen LogP contribution < -0.4 is 10.6 Å². The van der Waals surface area contributed by atoms with E-state index >= 15 is 0 Å². The molecule has 4 nitrogen and oxygen atoms in total. The van der Waals surface area contributed by atoms with Gasteiger partial charge >= 0.3 is 0 Å². The zero-order chi connectivity index (χ0) is 15.4. The van der Waals surface area contributed by atoms with Crippen LogP contribution >= 0.6 is 12.2 Å². The van der Waals surface area contributed by atoms with Crippen molar-refractivity contribution in [3.05, 3.63) is 35.9 Å². The summed E-state index contributed by atoms with van der Waals surface area (Å²) in [5.41, 5.74) is 6.92. The molecule has 0 saturated carbocycles. The number of alkyl halides is 2. The lowest BCUT2D eigenvalue weighted by Gasteiger charge is -2.23. The Labute approximate surface area is 126 Å². The first-order valence-electron chi connectivity index (χ1n) is 6.36. The highest BCUT2D eigenvalue weighted by atomic mass is 32.1. The highest BCUT2D eigenvalue weighted by Crippen LogP contribution is 2.23. The minimum absolute atomic E-state index is 0.0620. The molecule has 7 heteroatoms. The number of para-hydroxylation sites is 1. The summed E-state index contributed by atoms with van der Waals surface area (Å²) < 4.78 is 25.3. The van der Waals surface area contributed by atoms with Crippen molar-refractivity contribution in [2.45, 2.75) is 6.43 Å². The van der Waals surface area contributed by atoms with Crippen LogP contribution in [0.2, 0.25) is 0 Å². The van der Waals surface area contributed by atoms with Gasteiger partial charge in [-0.05, 0) is 12.1 Å². The third-order valence-corrected chi connectivity index (χ3v) is 3.24. The summed E-state index contributed by atoms with van der Waals surface area (Å²) in [5, 5.41) is 9.81. The Bertz CT molecular complexity index is 651. The molecule has 0 aliphatic heterocycles. The highest BCUT2D eigenvalue weighted by Gasteiger charge is 2.16. The molecular formula is C14H15F2N3OS. The van der Waals surface area contributed by atoms with Gasteiger partial charge in [0.25, 0.3) is 6.43 Å². The van der Waals surface area contributed by atoms with Crippen LogP contribution in [0, 0.1) is 0 Å². The molecule has 0 spiro atoms. The molecule has 2 rings (SSSR count). The van der Waals surface area contributed by atoms with Gasteiger partial charge in [-0.15, -0.1) is 0 Å². The van der Waals surface area contributed by atoms with E-state index in [9.17, 15) is 8.78 Å². The predicted octanol–water partition coefficient (Wildman–Crippen LogP) is 1.93. The van der Waals surface area contributed by atoms with E-state index in [1.165, 1.54) is 4.90 Å². The van der Waals surface area contributed by atoms with E-state index in [-0.39, 0.29) is 18.1 Å². The van der Waals surface area contributed by atoms with Crippen molar-refractivity contribution in [3.8, 4) is 0 Å². The summed E-state index contributed by atoms with van der Waals surface area (Å²) in [5.74, 6) is 0.325. The first-order valence-corrected chi connectivity index (χ1v) is 6.77. The standard InChI is InChI=1S/C14H15F2N3OS/c15-12(16)8-19(5-6-20)13-7-10(14(17)21)9-3-1-2-4-11(9)18-13/h1-4,7,12,20H,5-6,8H2,(H2,17,21). The minimum atomic E-state index is -2.53. The third-order valence-electron chi connectivity index (χ3n) is 3.02. The molecule has 1 heterocycles. The average Bonchev–Trinajstić information content (AvgIpc) is 2.45. The molecular weight excluding hydrogens is 296 g/mol. The molecule has 1 aromatic heterocycles. The molecule has 3 N–H and O–H groups in total. The molecule has 0 bridgehead atoms. The lowest BCUT2D eigenvalue weighted by Crippen LogP contribution is -2.32. The Balaban J connectivity index is 2.54. The van der Waals surface area contributed by atoms with Gasteiger partial charge in [-0.3, -0.25) is 0 Å². The Morgan fingerprint density at radius 2 is 2.10 bits per heavy atom. The first kappa shape index (κ1) is 15.5. The normalized spacial score (nSPS) is 11.0. The highest BCUT2D eigenvalue weighted by molar-refractivity contribution is 7.80. The van der Waals surface area contributed by atoms with Crippen LogP contribution in [-0.4, -0.2) is 41.2 Å². The summed E-state index contributed by atoms with van der Waals surface area (Å²) >= 11 is 5.02. The molecule has 0 aliphatic carbocycles. The van der Waals surface area contributed by atoms with Crippen LogP contribution in [0.3, 0.4) is 0 Å². The molecule has 2 aromatic rings. The summed E-state index contributed by atoms with van der Waals surface area (Å²) in [6.45, 7) is -0.696. The number of hydrogen-bond acceptors (Lipinski definition) is 4. The number of rotatable bonds is 6. The number of aromatic nitrogens is 1. The molecule has 1 aromatic carbocycles. The fraction of sp³-hybridized carbons (Fsp3) is 0.286. The predicted molar refractivity (Wildman–Crippen MR) is 82.9 cm³/mol. The van der Waals surface area contributed by atoms with Gasteiger partial charge in [0.2, 0.25) is 0 Å². The zero-order valence-corrected chi connectivity index (χ0v) is 12.0. The lowest BCUT2D eigenvalue weighted by molar-refractivity contribution is 0.152. The molecule has 0 atom stereocenters. The van der Waals surface area contributed by atoms with Gasteiger partial charge in [0.15, 0.2) is 0 Å². The maximum absolute atomic E-state index is 12.7. The van der Waals surface area contributed by atoms with Gasteiger partial charge in [0.1, 0.15) is 10.8 Å². The number of aliphatic hydroxyl groups excluding tert-OH is 1. The van der Waals surface area contributed by atoms with Crippen LogP contribution in [0.4, 0.5) is 14.6 Å². The maximum Gasteiger partial charge on any atom is 0.255 e. The summed E-state index contributed by atoms with van der Waals surface area (Å²) in [7, 11) is 0. The van der Waals surface area contributed by atoms with Crippen molar-refractivity contribution in [1.82, 2.24) is 4.98 Å². The Morgan fingerprint density at radius 3 is 2.71 bits per heavy atom. The second-order valence-electron chi connectivity index (χ2n) is 4.47. The summed E-state index contributed by atoms with van der Waals surface area (Å²) in [6.07, 6.45) is -2.53. The fourth-order valence-electron chi connectivity index (χ4n) is 2.11. The zero-order valence-electron chi connectivity index (χ0n) is 11.2. The molecule has 0 radical (unpaired) electrons. The monoisotopic (exact) mass is 311 g/mol. The smallest absolute Gasteiger partial charge is 0.255 e. The van der Waals surface area contributed by atoms with Gasteiger partial charge in [-0.1, -0.05) is 30.4 Å². The molecule has 0 unspecified atom stereocenters. The molecule has 0 fully saturated rings. The van der Waals surface area contributed by atoms with Gasteiger partial charge in [-0.2, -0.15) is 0 Å². The van der Waals surface area contributed by atoms with E-state index in [1.54, 1.807) is 18.2 Å². The Morgan fingerprint density at radius 1 is 1.38 bits per heavy atom. The molecule has 0 saturated heterocycles. The van der Waals surface area contributed by atoms with Gasteiger partial charge < -0.3 is 15.7 Å². The number of aliphatic hydroxyl groups is 1. The quantitative estimate of drug-likeness (QED) is 0.798. The SMILES string of the molecule is NC(=S)c1cc(N(CCO)CC(F)F)nc2ccccc12. The van der Waals surface area contributed by atoms with Crippen molar-refractivity contribution in [2.75, 3.05) is 24.6 Å². The number of anilines is 1. The van der Waals surface area contributed by atoms with Crippen molar-refractivity contribution >= 4 is 33.9 Å². The number of halogens is 2. The number of nitrogens with zero attached hydrogens (tertiary/aromatic N) is 2. The molecule has 0 amide bonds. The number of thiocarbonyl (C=S) groups is 1. The average molecular weight is 311 g/mol. The Hall–Kier alpha value is -1.86. The lowest BCUT2D eigenvalue weighted by atomic mass is 10.1. The number of benzene rings is 1. The minimum Gasteiger partial charge on any atom is -0.395 e. The second-order valence-corrected chi connectivity index (χ2v) is 4.91. The molecule has 21 heavy (non-hydrogen) atoms. The number of pyridine rings is 1. The summed E-state index contributed by atoms with van der Waals surface area (Å²) in [4.78, 5) is 5.85. The fourth-order valence-corrected chi connectivity index (χ4v) is 2.28. The number of fused-ring (bicyclic) bond motifs is 1. The topological polar surface area (TPSA) is 62.4 Å². The van der Waals surface area contributed by atoms with Crippen LogP contribution in [0.15, 0.2) is 30.3 Å².